The molecule has 1 heterocycles. The fourth-order valence-corrected chi connectivity index (χ4v) is 3.68. The van der Waals surface area contributed by atoms with E-state index in [0.29, 0.717) is 6.04 Å². The summed E-state index contributed by atoms with van der Waals surface area (Å²) in [5, 5.41) is 4.43. The largest absolute Gasteiger partial charge is 0.362 e. The third-order valence-electron chi connectivity index (χ3n) is 3.04. The van der Waals surface area contributed by atoms with Gasteiger partial charge in [0.25, 0.3) is 0 Å². The van der Waals surface area contributed by atoms with Gasteiger partial charge in [0, 0.05) is 34.6 Å². The van der Waals surface area contributed by atoms with Gasteiger partial charge in [-0.25, -0.2) is 0 Å². The highest BCUT2D eigenvalue weighted by molar-refractivity contribution is 8.14. The Bertz CT molecular complexity index is 462. The van der Waals surface area contributed by atoms with Crippen molar-refractivity contribution >= 4 is 27.7 Å². The first kappa shape index (κ1) is 14.6. The van der Waals surface area contributed by atoms with Crippen LogP contribution in [0.4, 0.5) is 0 Å². The van der Waals surface area contributed by atoms with Crippen LogP contribution in [0.15, 0.2) is 35.3 Å². The molecule has 19 heavy (non-hydrogen) atoms. The third kappa shape index (κ3) is 4.66. The lowest BCUT2D eigenvalue weighted by atomic mass is 10.1. The summed E-state index contributed by atoms with van der Waals surface area (Å²) in [4.78, 5) is 4.72. The summed E-state index contributed by atoms with van der Waals surface area (Å²) in [6.45, 7) is 2.12. The lowest BCUT2D eigenvalue weighted by molar-refractivity contribution is 0.636. The predicted molar refractivity (Wildman–Crippen MR) is 85.2 cm³/mol. The molecule has 3 atom stereocenters. The highest BCUT2D eigenvalue weighted by Crippen LogP contribution is 2.29. The third-order valence-corrected chi connectivity index (χ3v) is 4.83. The van der Waals surface area contributed by atoms with Crippen LogP contribution in [0.3, 0.4) is 0 Å². The van der Waals surface area contributed by atoms with E-state index < -0.39 is 10.8 Å². The molecule has 1 aromatic rings. The second kappa shape index (κ2) is 7.10. The highest BCUT2D eigenvalue weighted by atomic mass is 32.2. The lowest BCUT2D eigenvalue weighted by Gasteiger charge is -2.13. The van der Waals surface area contributed by atoms with E-state index in [1.54, 1.807) is 18.0 Å². The maximum atomic E-state index is 11.1. The molecule has 0 aliphatic carbocycles. The zero-order valence-electron chi connectivity index (χ0n) is 11.3. The molecule has 0 radical (unpaired) electrons. The van der Waals surface area contributed by atoms with E-state index in [9.17, 15) is 4.21 Å². The van der Waals surface area contributed by atoms with E-state index in [4.69, 9.17) is 4.99 Å². The van der Waals surface area contributed by atoms with Gasteiger partial charge in [0.05, 0.1) is 6.04 Å². The van der Waals surface area contributed by atoms with E-state index in [1.165, 1.54) is 5.56 Å². The minimum Gasteiger partial charge on any atom is -0.362 e. The summed E-state index contributed by atoms with van der Waals surface area (Å²) in [6, 6.07) is 11.0. The maximum absolute atomic E-state index is 11.1. The molecule has 2 rings (SSSR count). The average Bonchev–Trinajstić information content (AvgIpc) is 2.86. The second-order valence-corrected chi connectivity index (χ2v) is 7.35. The molecule has 0 fully saturated rings. The number of benzene rings is 1. The molecule has 0 spiro atoms. The van der Waals surface area contributed by atoms with E-state index >= 15 is 0 Å². The first-order valence-corrected chi connectivity index (χ1v) is 9.18. The minimum atomic E-state index is -0.713. The molecule has 5 heteroatoms. The first-order chi connectivity index (χ1) is 9.15. The number of hydrogen-bond donors (Lipinski definition) is 1. The van der Waals surface area contributed by atoms with Crippen molar-refractivity contribution in [3.8, 4) is 0 Å². The van der Waals surface area contributed by atoms with Crippen LogP contribution in [0.1, 0.15) is 24.9 Å². The van der Waals surface area contributed by atoms with Crippen LogP contribution in [-0.4, -0.2) is 33.2 Å². The molecule has 3 unspecified atom stereocenters. The van der Waals surface area contributed by atoms with Crippen LogP contribution < -0.4 is 5.32 Å². The molecule has 1 aliphatic rings. The first-order valence-electron chi connectivity index (χ1n) is 6.47. The lowest BCUT2D eigenvalue weighted by Crippen LogP contribution is -2.30. The number of nitrogens with zero attached hydrogens (tertiary/aromatic N) is 1. The molecule has 104 valence electrons. The fourth-order valence-electron chi connectivity index (χ4n) is 1.92. The van der Waals surface area contributed by atoms with Gasteiger partial charge < -0.3 is 5.32 Å². The Morgan fingerprint density at radius 3 is 2.89 bits per heavy atom. The van der Waals surface area contributed by atoms with Gasteiger partial charge in [-0.1, -0.05) is 42.1 Å². The van der Waals surface area contributed by atoms with E-state index in [1.807, 2.05) is 6.07 Å². The summed E-state index contributed by atoms with van der Waals surface area (Å²) >= 11 is 1.77. The quantitative estimate of drug-likeness (QED) is 0.908. The molecule has 3 nitrogen and oxygen atoms in total. The molecule has 0 saturated heterocycles. The molecule has 1 N–H and O–H groups in total. The van der Waals surface area contributed by atoms with Gasteiger partial charge in [-0.3, -0.25) is 9.20 Å². The van der Waals surface area contributed by atoms with Crippen molar-refractivity contribution in [2.24, 2.45) is 4.99 Å². The Kier molecular flexibility index (Phi) is 5.45. The standard InChI is InChI=1S/C14H20N2OS2/c1-11(8-9-19(2)17)15-14-16-13(10-18-14)12-6-4-3-5-7-12/h3-7,11,13H,8-10H2,1-2H3,(H,15,16). The smallest absolute Gasteiger partial charge is 0.157 e. The molecular weight excluding hydrogens is 276 g/mol. The normalized spacial score (nSPS) is 21.8. The second-order valence-electron chi connectivity index (χ2n) is 4.78. The Labute approximate surface area is 121 Å². The zero-order chi connectivity index (χ0) is 13.7. The van der Waals surface area contributed by atoms with Gasteiger partial charge in [-0.05, 0) is 18.9 Å². The average molecular weight is 296 g/mol. The maximum Gasteiger partial charge on any atom is 0.157 e. The van der Waals surface area contributed by atoms with Crippen LogP contribution in [0.5, 0.6) is 0 Å². The number of nitrogens with one attached hydrogen (secondary N) is 1. The Morgan fingerprint density at radius 1 is 1.47 bits per heavy atom. The number of aliphatic imine (C=N–C) groups is 1. The molecule has 0 saturated carbocycles. The topological polar surface area (TPSA) is 41.5 Å². The van der Waals surface area contributed by atoms with Crippen molar-refractivity contribution in [2.45, 2.75) is 25.4 Å². The molecule has 1 aromatic carbocycles. The minimum absolute atomic E-state index is 0.265. The van der Waals surface area contributed by atoms with Crippen molar-refractivity contribution in [1.29, 1.82) is 0 Å². The number of hydrogen-bond acceptors (Lipinski definition) is 4. The van der Waals surface area contributed by atoms with Crippen LogP contribution in [0.2, 0.25) is 0 Å². The fraction of sp³-hybridized carbons (Fsp3) is 0.500. The predicted octanol–water partition coefficient (Wildman–Crippen LogP) is 2.58. The molecule has 0 bridgehead atoms. The molecule has 1 aliphatic heterocycles. The van der Waals surface area contributed by atoms with Crippen LogP contribution in [-0.2, 0) is 10.8 Å². The van der Waals surface area contributed by atoms with Crippen LogP contribution >= 0.6 is 11.8 Å². The van der Waals surface area contributed by atoms with Crippen LogP contribution in [0, 0.1) is 0 Å². The molecule has 0 aromatic heterocycles. The summed E-state index contributed by atoms with van der Waals surface area (Å²) in [5.41, 5.74) is 1.27. The van der Waals surface area contributed by atoms with Crippen molar-refractivity contribution in [1.82, 2.24) is 5.32 Å². The van der Waals surface area contributed by atoms with Gasteiger partial charge in [0.2, 0.25) is 0 Å². The monoisotopic (exact) mass is 296 g/mol. The summed E-state index contributed by atoms with van der Waals surface area (Å²) in [5.74, 6) is 1.74. The van der Waals surface area contributed by atoms with E-state index in [-0.39, 0.29) is 6.04 Å². The summed E-state index contributed by atoms with van der Waals surface area (Å²) in [6.07, 6.45) is 2.67. The van der Waals surface area contributed by atoms with E-state index in [2.05, 4.69) is 36.5 Å². The number of amidine groups is 1. The summed E-state index contributed by atoms with van der Waals surface area (Å²) < 4.78 is 11.1. The molecule has 0 amide bonds. The van der Waals surface area contributed by atoms with Gasteiger partial charge in [-0.15, -0.1) is 0 Å². The van der Waals surface area contributed by atoms with Gasteiger partial charge >= 0.3 is 0 Å². The number of rotatable bonds is 5. The van der Waals surface area contributed by atoms with Gasteiger partial charge in [0.1, 0.15) is 0 Å². The Morgan fingerprint density at radius 2 is 2.21 bits per heavy atom. The van der Waals surface area contributed by atoms with Crippen molar-refractivity contribution in [2.75, 3.05) is 17.8 Å². The Balaban J connectivity index is 1.87. The van der Waals surface area contributed by atoms with Crippen molar-refractivity contribution < 1.29 is 4.21 Å². The number of thioether (sulfide) groups is 1. The SMILES string of the molecule is CC(CCS(C)=O)NC1=NC(c2ccccc2)CS1. The highest BCUT2D eigenvalue weighted by Gasteiger charge is 2.20. The van der Waals surface area contributed by atoms with Crippen molar-refractivity contribution in [3.05, 3.63) is 35.9 Å². The Hall–Kier alpha value is -0.810. The van der Waals surface area contributed by atoms with Gasteiger partial charge in [-0.2, -0.15) is 0 Å². The van der Waals surface area contributed by atoms with Crippen molar-refractivity contribution in [3.63, 3.8) is 0 Å². The van der Waals surface area contributed by atoms with Gasteiger partial charge in [0.15, 0.2) is 5.17 Å². The van der Waals surface area contributed by atoms with E-state index in [0.717, 1.165) is 23.1 Å². The zero-order valence-corrected chi connectivity index (χ0v) is 13.0. The summed E-state index contributed by atoms with van der Waals surface area (Å²) in [7, 11) is -0.713. The molecular formula is C14H20N2OS2. The van der Waals surface area contributed by atoms with Crippen LogP contribution in [0.25, 0.3) is 0 Å².